The van der Waals surface area contributed by atoms with E-state index in [0.717, 1.165) is 44.2 Å². The number of hydrogen-bond donors (Lipinski definition) is 3. The second-order valence-corrected chi connectivity index (χ2v) is 6.65. The van der Waals surface area contributed by atoms with Crippen molar-refractivity contribution >= 4 is 22.4 Å². The van der Waals surface area contributed by atoms with Crippen LogP contribution in [-0.4, -0.2) is 11.7 Å². The lowest BCUT2D eigenvalue weighted by molar-refractivity contribution is 1.29. The molecule has 3 heteroatoms. The van der Waals surface area contributed by atoms with Gasteiger partial charge in [-0.1, -0.05) is 84.9 Å². The summed E-state index contributed by atoms with van der Waals surface area (Å²) in [5.41, 5.74) is 5.77. The predicted molar refractivity (Wildman–Crippen MR) is 112 cm³/mol. The minimum Gasteiger partial charge on any atom is -0.325 e. The second kappa shape index (κ2) is 5.92. The lowest BCUT2D eigenvalue weighted by Gasteiger charge is -2.18. The Morgan fingerprint density at radius 1 is 0.444 bits per heavy atom. The van der Waals surface area contributed by atoms with Crippen molar-refractivity contribution in [2.45, 2.75) is 0 Å². The normalized spacial score (nSPS) is 12.9. The summed E-state index contributed by atoms with van der Waals surface area (Å²) in [6.07, 6.45) is 0. The molecule has 3 nitrogen and oxygen atoms in total. The molecule has 0 aliphatic carbocycles. The Labute approximate surface area is 157 Å². The summed E-state index contributed by atoms with van der Waals surface area (Å²) < 4.78 is 0. The summed E-state index contributed by atoms with van der Waals surface area (Å²) in [7, 11) is 0. The highest BCUT2D eigenvalue weighted by molar-refractivity contribution is 6.32. The molecule has 1 aliphatic rings. The van der Waals surface area contributed by atoms with Crippen LogP contribution in [0, 0.1) is 10.8 Å². The average molecular weight is 347 g/mol. The van der Waals surface area contributed by atoms with E-state index in [1.165, 1.54) is 0 Å². The Balaban J connectivity index is 2.01. The molecular weight excluding hydrogens is 330 g/mol. The molecule has 4 aromatic carbocycles. The molecule has 5 rings (SSSR count). The highest BCUT2D eigenvalue weighted by atomic mass is 15.0. The first-order valence-electron chi connectivity index (χ1n) is 8.90. The van der Waals surface area contributed by atoms with E-state index in [-0.39, 0.29) is 11.7 Å². The van der Waals surface area contributed by atoms with Gasteiger partial charge in [-0.05, 0) is 21.9 Å². The number of fused-ring (bicyclic) bond motifs is 2. The zero-order valence-corrected chi connectivity index (χ0v) is 14.6. The number of rotatable bonds is 2. The topological polar surface area (TPSA) is 59.7 Å². The lowest BCUT2D eigenvalue weighted by Crippen LogP contribution is -2.20. The third-order valence-electron chi connectivity index (χ3n) is 5.09. The third kappa shape index (κ3) is 2.29. The summed E-state index contributed by atoms with van der Waals surface area (Å²) in [5.74, 6) is 0.577. The number of amidine groups is 2. The molecule has 0 fully saturated rings. The molecule has 0 saturated heterocycles. The van der Waals surface area contributed by atoms with Gasteiger partial charge >= 0.3 is 0 Å². The van der Waals surface area contributed by atoms with Crippen LogP contribution in [0.2, 0.25) is 0 Å². The minimum absolute atomic E-state index is 0.289. The van der Waals surface area contributed by atoms with Gasteiger partial charge in [0, 0.05) is 22.3 Å². The Morgan fingerprint density at radius 3 is 1.22 bits per heavy atom. The van der Waals surface area contributed by atoms with Gasteiger partial charge in [0.15, 0.2) is 0 Å². The third-order valence-corrected chi connectivity index (χ3v) is 5.09. The number of hydrogen-bond acceptors (Lipinski definition) is 2. The largest absolute Gasteiger partial charge is 0.325 e. The number of benzene rings is 4. The van der Waals surface area contributed by atoms with E-state index in [1.54, 1.807) is 0 Å². The van der Waals surface area contributed by atoms with Crippen LogP contribution in [0.4, 0.5) is 0 Å². The molecule has 3 N–H and O–H groups in total. The maximum atomic E-state index is 8.53. The molecular formula is C24H17N3. The second-order valence-electron chi connectivity index (χ2n) is 6.65. The van der Waals surface area contributed by atoms with E-state index in [9.17, 15) is 0 Å². The fourth-order valence-electron chi connectivity index (χ4n) is 4.00. The maximum Gasteiger partial charge on any atom is 0.132 e. The molecule has 0 radical (unpaired) electrons. The van der Waals surface area contributed by atoms with Gasteiger partial charge in [-0.25, -0.2) is 0 Å². The van der Waals surface area contributed by atoms with Crippen molar-refractivity contribution in [2.75, 3.05) is 0 Å². The van der Waals surface area contributed by atoms with Gasteiger partial charge in [0.1, 0.15) is 11.7 Å². The summed E-state index contributed by atoms with van der Waals surface area (Å²) in [5, 5.41) is 22.2. The zero-order chi connectivity index (χ0) is 18.4. The van der Waals surface area contributed by atoms with E-state index >= 15 is 0 Å². The fourth-order valence-corrected chi connectivity index (χ4v) is 4.00. The molecule has 0 amide bonds. The molecule has 0 bridgehead atoms. The van der Waals surface area contributed by atoms with Gasteiger partial charge in [-0.3, -0.25) is 10.8 Å². The summed E-state index contributed by atoms with van der Waals surface area (Å²) in [6, 6.07) is 28.6. The SMILES string of the molecule is N=C1NC(=N)c2c1c(-c1ccccc1)c1ccccc1c2-c1ccccc1. The van der Waals surface area contributed by atoms with Crippen LogP contribution in [-0.2, 0) is 0 Å². The van der Waals surface area contributed by atoms with Crippen molar-refractivity contribution in [3.8, 4) is 22.3 Å². The average Bonchev–Trinajstić information content (AvgIpc) is 3.01. The fraction of sp³-hybridized carbons (Fsp3) is 0. The van der Waals surface area contributed by atoms with Crippen molar-refractivity contribution < 1.29 is 0 Å². The van der Waals surface area contributed by atoms with Crippen LogP contribution >= 0.6 is 0 Å². The molecule has 1 aliphatic heterocycles. The first-order chi connectivity index (χ1) is 13.3. The highest BCUT2D eigenvalue weighted by Gasteiger charge is 2.31. The number of nitrogens with one attached hydrogen (secondary N) is 3. The Hall–Kier alpha value is -3.72. The van der Waals surface area contributed by atoms with E-state index in [1.807, 2.05) is 48.5 Å². The highest BCUT2D eigenvalue weighted by Crippen LogP contribution is 2.43. The monoisotopic (exact) mass is 347 g/mol. The van der Waals surface area contributed by atoms with Crippen LogP contribution in [0.1, 0.15) is 11.1 Å². The molecule has 4 aromatic rings. The molecule has 0 saturated carbocycles. The minimum atomic E-state index is 0.289. The van der Waals surface area contributed by atoms with Crippen molar-refractivity contribution in [1.29, 1.82) is 10.8 Å². The van der Waals surface area contributed by atoms with Crippen LogP contribution in [0.3, 0.4) is 0 Å². The molecule has 0 atom stereocenters. The quantitative estimate of drug-likeness (QED) is 0.445. The Bertz CT molecular complexity index is 1110. The van der Waals surface area contributed by atoms with Gasteiger partial charge in [0.25, 0.3) is 0 Å². The smallest absolute Gasteiger partial charge is 0.132 e. The van der Waals surface area contributed by atoms with Gasteiger partial charge in [0.05, 0.1) is 0 Å². The van der Waals surface area contributed by atoms with Crippen molar-refractivity contribution in [3.05, 3.63) is 96.1 Å². The predicted octanol–water partition coefficient (Wildman–Crippen LogP) is 5.43. The van der Waals surface area contributed by atoms with Crippen molar-refractivity contribution in [1.82, 2.24) is 5.32 Å². The Kier molecular flexibility index (Phi) is 3.41. The van der Waals surface area contributed by atoms with Crippen LogP contribution in [0.5, 0.6) is 0 Å². The molecule has 0 aromatic heterocycles. The molecule has 0 spiro atoms. The van der Waals surface area contributed by atoms with Crippen molar-refractivity contribution in [2.24, 2.45) is 0 Å². The van der Waals surface area contributed by atoms with E-state index in [2.05, 4.69) is 41.7 Å². The maximum absolute atomic E-state index is 8.53. The van der Waals surface area contributed by atoms with Gasteiger partial charge in [0.2, 0.25) is 0 Å². The summed E-state index contributed by atoms with van der Waals surface area (Å²) in [4.78, 5) is 0. The van der Waals surface area contributed by atoms with E-state index < -0.39 is 0 Å². The van der Waals surface area contributed by atoms with Gasteiger partial charge in [-0.2, -0.15) is 0 Å². The van der Waals surface area contributed by atoms with Gasteiger partial charge < -0.3 is 5.32 Å². The molecule has 1 heterocycles. The molecule has 0 unspecified atom stereocenters. The van der Waals surface area contributed by atoms with E-state index in [0.29, 0.717) is 0 Å². The summed E-state index contributed by atoms with van der Waals surface area (Å²) in [6.45, 7) is 0. The van der Waals surface area contributed by atoms with E-state index in [4.69, 9.17) is 10.8 Å². The first kappa shape index (κ1) is 15.5. The zero-order valence-electron chi connectivity index (χ0n) is 14.6. The first-order valence-corrected chi connectivity index (χ1v) is 8.90. The van der Waals surface area contributed by atoms with Gasteiger partial charge in [-0.15, -0.1) is 0 Å². The van der Waals surface area contributed by atoms with Crippen LogP contribution in [0.15, 0.2) is 84.9 Å². The molecule has 128 valence electrons. The van der Waals surface area contributed by atoms with Crippen molar-refractivity contribution in [3.63, 3.8) is 0 Å². The molecule has 27 heavy (non-hydrogen) atoms. The van der Waals surface area contributed by atoms with Crippen LogP contribution < -0.4 is 5.32 Å². The Morgan fingerprint density at radius 2 is 0.815 bits per heavy atom. The summed E-state index contributed by atoms with van der Waals surface area (Å²) >= 11 is 0. The van der Waals surface area contributed by atoms with Crippen LogP contribution in [0.25, 0.3) is 33.0 Å². The standard InChI is InChI=1S/C24H17N3/c25-23-21-19(15-9-3-1-4-10-15)17-13-7-8-14-18(17)20(22(21)24(26)27-23)16-11-5-2-6-12-16/h1-14H,(H3,25,26,27). The lowest BCUT2D eigenvalue weighted by atomic mass is 9.84.